The summed E-state index contributed by atoms with van der Waals surface area (Å²) < 4.78 is 6.00. The lowest BCUT2D eigenvalue weighted by Gasteiger charge is -2.35. The number of likely N-dealkylation sites (N-methyl/N-ethyl adjacent to an activating group) is 1. The number of hydrogen-bond donors (Lipinski definition) is 2. The molecule has 0 radical (unpaired) electrons. The topological polar surface area (TPSA) is 52.1 Å². The van der Waals surface area contributed by atoms with E-state index in [-0.39, 0.29) is 30.1 Å². The fraction of sp³-hybridized carbons (Fsp3) is 0.708. The zero-order chi connectivity index (χ0) is 21.9. The van der Waals surface area contributed by atoms with E-state index >= 15 is 0 Å². The van der Waals surface area contributed by atoms with Gasteiger partial charge in [-0.3, -0.25) is 0 Å². The number of aliphatic imine (C=N–C) groups is 1. The Morgan fingerprint density at radius 1 is 1.06 bits per heavy atom. The van der Waals surface area contributed by atoms with Crippen LogP contribution in [0.3, 0.4) is 0 Å². The molecule has 0 aliphatic carbocycles. The summed E-state index contributed by atoms with van der Waals surface area (Å²) in [6.07, 6.45) is 0.154. The van der Waals surface area contributed by atoms with Crippen LogP contribution < -0.4 is 15.4 Å². The molecule has 2 N–H and O–H groups in total. The normalized spacial score (nSPS) is 16.7. The molecule has 0 aromatic heterocycles. The number of guanidine groups is 1. The number of halogens is 1. The van der Waals surface area contributed by atoms with Crippen LogP contribution in [0.4, 0.5) is 0 Å². The second-order valence-corrected chi connectivity index (χ2v) is 8.69. The van der Waals surface area contributed by atoms with E-state index in [1.807, 2.05) is 0 Å². The molecule has 7 heteroatoms. The van der Waals surface area contributed by atoms with Crippen molar-refractivity contribution in [1.82, 2.24) is 20.4 Å². The number of nitrogens with one attached hydrogen (secondary N) is 2. The fourth-order valence-corrected chi connectivity index (χ4v) is 3.73. The third-order valence-corrected chi connectivity index (χ3v) is 5.44. The minimum atomic E-state index is 0. The molecule has 1 aromatic carbocycles. The average Bonchev–Trinajstić information content (AvgIpc) is 2.71. The fourth-order valence-electron chi connectivity index (χ4n) is 3.73. The van der Waals surface area contributed by atoms with E-state index in [4.69, 9.17) is 9.73 Å². The third-order valence-electron chi connectivity index (χ3n) is 5.44. The van der Waals surface area contributed by atoms with Crippen LogP contribution in [0.5, 0.6) is 5.75 Å². The second kappa shape index (κ2) is 14.9. The lowest BCUT2D eigenvalue weighted by molar-refractivity contribution is 0.124. The van der Waals surface area contributed by atoms with Gasteiger partial charge in [-0.1, -0.05) is 26.0 Å². The lowest BCUT2D eigenvalue weighted by Crippen LogP contribution is -2.48. The van der Waals surface area contributed by atoms with Gasteiger partial charge in [-0.15, -0.1) is 24.0 Å². The third kappa shape index (κ3) is 10.4. The quantitative estimate of drug-likeness (QED) is 0.267. The van der Waals surface area contributed by atoms with Gasteiger partial charge in [0, 0.05) is 51.4 Å². The van der Waals surface area contributed by atoms with Gasteiger partial charge in [0.15, 0.2) is 5.96 Å². The zero-order valence-electron chi connectivity index (χ0n) is 20.4. The maximum Gasteiger partial charge on any atom is 0.191 e. The molecule has 1 aliphatic heterocycles. The zero-order valence-corrected chi connectivity index (χ0v) is 22.7. The molecular formula is C24H44IN5O. The summed E-state index contributed by atoms with van der Waals surface area (Å²) in [5, 5.41) is 6.91. The van der Waals surface area contributed by atoms with Crippen LogP contribution in [0, 0.1) is 12.8 Å². The van der Waals surface area contributed by atoms with Crippen molar-refractivity contribution >= 4 is 29.9 Å². The summed E-state index contributed by atoms with van der Waals surface area (Å²) in [7, 11) is 0. The smallest absolute Gasteiger partial charge is 0.191 e. The maximum atomic E-state index is 6.00. The van der Waals surface area contributed by atoms with Crippen molar-refractivity contribution in [2.45, 2.75) is 54.2 Å². The standard InChI is InChI=1S/C24H43N5O.HI/c1-7-25-24(26-16-21(6)18-29-13-11-28(8-2)12-14-29)27-17-22-10-9-20(5)15-23(22)30-19(3)4;/h9-10,15,19,21H,7-8,11-14,16-18H2,1-6H3,(H2,25,26,27);1H. The van der Waals surface area contributed by atoms with E-state index in [1.165, 1.54) is 38.3 Å². The van der Waals surface area contributed by atoms with Gasteiger partial charge in [0.1, 0.15) is 5.75 Å². The van der Waals surface area contributed by atoms with Crippen LogP contribution in [0.2, 0.25) is 0 Å². The number of benzene rings is 1. The first-order valence-corrected chi connectivity index (χ1v) is 11.6. The van der Waals surface area contributed by atoms with Gasteiger partial charge in [0.25, 0.3) is 0 Å². The molecule has 1 heterocycles. The molecule has 2 rings (SSSR count). The molecule has 1 unspecified atom stereocenters. The van der Waals surface area contributed by atoms with Gasteiger partial charge < -0.3 is 25.2 Å². The van der Waals surface area contributed by atoms with Crippen LogP contribution in [0.15, 0.2) is 23.2 Å². The van der Waals surface area contributed by atoms with Crippen molar-refractivity contribution in [3.63, 3.8) is 0 Å². The highest BCUT2D eigenvalue weighted by Crippen LogP contribution is 2.22. The predicted octanol–water partition coefficient (Wildman–Crippen LogP) is 3.73. The molecule has 0 amide bonds. The highest BCUT2D eigenvalue weighted by atomic mass is 127. The van der Waals surface area contributed by atoms with Gasteiger partial charge in [0.2, 0.25) is 0 Å². The molecule has 31 heavy (non-hydrogen) atoms. The Bertz CT molecular complexity index is 659. The lowest BCUT2D eigenvalue weighted by atomic mass is 10.1. The van der Waals surface area contributed by atoms with E-state index in [2.05, 4.69) is 80.2 Å². The van der Waals surface area contributed by atoms with Gasteiger partial charge in [-0.25, -0.2) is 4.99 Å². The Kier molecular flexibility index (Phi) is 13.4. The molecule has 0 saturated carbocycles. The van der Waals surface area contributed by atoms with Crippen LogP contribution in [0.25, 0.3) is 0 Å². The second-order valence-electron chi connectivity index (χ2n) is 8.69. The maximum absolute atomic E-state index is 6.00. The Labute approximate surface area is 207 Å². The number of ether oxygens (including phenoxy) is 1. The van der Waals surface area contributed by atoms with Crippen molar-refractivity contribution < 1.29 is 4.74 Å². The van der Waals surface area contributed by atoms with Gasteiger partial charge in [-0.05, 0) is 51.8 Å². The van der Waals surface area contributed by atoms with Crippen molar-refractivity contribution in [2.75, 3.05) is 52.4 Å². The van der Waals surface area contributed by atoms with Gasteiger partial charge in [-0.2, -0.15) is 0 Å². The van der Waals surface area contributed by atoms with Crippen molar-refractivity contribution in [3.05, 3.63) is 29.3 Å². The molecule has 0 spiro atoms. The molecule has 178 valence electrons. The van der Waals surface area contributed by atoms with Gasteiger partial charge in [0.05, 0.1) is 12.6 Å². The molecule has 6 nitrogen and oxygen atoms in total. The molecular weight excluding hydrogens is 501 g/mol. The number of aryl methyl sites for hydroxylation is 1. The summed E-state index contributed by atoms with van der Waals surface area (Å²) in [5.41, 5.74) is 2.32. The molecule has 1 aromatic rings. The molecule has 1 atom stereocenters. The number of piperazine rings is 1. The van der Waals surface area contributed by atoms with Crippen LogP contribution >= 0.6 is 24.0 Å². The first-order chi connectivity index (χ1) is 14.4. The molecule has 1 fully saturated rings. The van der Waals surface area contributed by atoms with Crippen LogP contribution in [-0.2, 0) is 6.54 Å². The summed E-state index contributed by atoms with van der Waals surface area (Å²) in [5.74, 6) is 2.38. The van der Waals surface area contributed by atoms with E-state index in [0.717, 1.165) is 36.9 Å². The summed E-state index contributed by atoms with van der Waals surface area (Å²) in [6, 6.07) is 6.35. The highest BCUT2D eigenvalue weighted by molar-refractivity contribution is 14.0. The van der Waals surface area contributed by atoms with Crippen molar-refractivity contribution in [2.24, 2.45) is 10.9 Å². The van der Waals surface area contributed by atoms with Crippen molar-refractivity contribution in [1.29, 1.82) is 0 Å². The first-order valence-electron chi connectivity index (χ1n) is 11.6. The van der Waals surface area contributed by atoms with E-state index in [9.17, 15) is 0 Å². The molecule has 1 saturated heterocycles. The van der Waals surface area contributed by atoms with E-state index < -0.39 is 0 Å². The summed E-state index contributed by atoms with van der Waals surface area (Å²) >= 11 is 0. The monoisotopic (exact) mass is 545 g/mol. The Balaban J connectivity index is 0.00000480. The van der Waals surface area contributed by atoms with Crippen LogP contribution in [-0.4, -0.2) is 74.2 Å². The number of hydrogen-bond acceptors (Lipinski definition) is 4. The Morgan fingerprint density at radius 2 is 1.74 bits per heavy atom. The number of nitrogens with zero attached hydrogens (tertiary/aromatic N) is 3. The first kappa shape index (κ1) is 28.0. The Hall–Kier alpha value is -1.06. The van der Waals surface area contributed by atoms with E-state index in [1.54, 1.807) is 0 Å². The highest BCUT2D eigenvalue weighted by Gasteiger charge is 2.17. The largest absolute Gasteiger partial charge is 0.491 e. The predicted molar refractivity (Wildman–Crippen MR) is 143 cm³/mol. The van der Waals surface area contributed by atoms with Gasteiger partial charge >= 0.3 is 0 Å². The Morgan fingerprint density at radius 3 is 2.35 bits per heavy atom. The van der Waals surface area contributed by atoms with Crippen molar-refractivity contribution in [3.8, 4) is 5.75 Å². The minimum Gasteiger partial charge on any atom is -0.491 e. The summed E-state index contributed by atoms with van der Waals surface area (Å²) in [6.45, 7) is 22.3. The summed E-state index contributed by atoms with van der Waals surface area (Å²) in [4.78, 5) is 9.93. The molecule has 1 aliphatic rings. The minimum absolute atomic E-state index is 0. The molecule has 0 bridgehead atoms. The van der Waals surface area contributed by atoms with Crippen LogP contribution in [0.1, 0.15) is 45.7 Å². The SMILES string of the molecule is CCNC(=NCc1ccc(C)cc1OC(C)C)NCC(C)CN1CCN(CC)CC1.I. The number of rotatable bonds is 10. The van der Waals surface area contributed by atoms with E-state index in [0.29, 0.717) is 12.5 Å². The average molecular weight is 546 g/mol.